The van der Waals surface area contributed by atoms with Crippen molar-refractivity contribution in [3.05, 3.63) is 0 Å². The molecule has 0 saturated heterocycles. The normalized spacial score (nSPS) is 14.2. The number of carbonyl (C=O) groups excluding carboxylic acids is 4. The Hall–Kier alpha value is -1.94. The van der Waals surface area contributed by atoms with E-state index in [-0.39, 0.29) is 25.7 Å². The summed E-state index contributed by atoms with van der Waals surface area (Å²) in [7, 11) is -9.93. The van der Waals surface area contributed by atoms with E-state index in [0.717, 1.165) is 102 Å². The zero-order chi connectivity index (χ0) is 79.9. The second-order valence-corrected chi connectivity index (χ2v) is 35.7. The van der Waals surface area contributed by atoms with Crippen molar-refractivity contribution in [2.24, 2.45) is 11.8 Å². The molecule has 0 radical (unpaired) electrons. The third kappa shape index (κ3) is 81.0. The molecule has 0 aromatic heterocycles. The molecule has 3 N–H and O–H groups in total. The van der Waals surface area contributed by atoms with Crippen molar-refractivity contribution in [1.82, 2.24) is 0 Å². The van der Waals surface area contributed by atoms with Crippen LogP contribution in [0.1, 0.15) is 485 Å². The minimum atomic E-state index is -4.97. The van der Waals surface area contributed by atoms with Gasteiger partial charge in [0.1, 0.15) is 19.3 Å². The SMILES string of the molecule is CCCCCCCCCCCCCCCCCCCCCCCCC(=O)O[C@H](COC(=O)CCCCCCCCCCCCCCCCC(C)CC)COP(=O)(O)OC[C@@H](O)COP(=O)(O)OC[C@@H](COC(=O)CCCCCCCCCCCCC)OC(=O)CCCCCCCCCCCCCCCCC(C)CC. The standard InChI is InChI=1S/C90H176O17P2/c1-7-11-13-15-17-19-21-22-23-24-25-26-27-28-29-30-38-44-50-56-62-68-74-89(94)107-86(79-101-88(93)73-67-61-55-49-43-37-33-31-35-41-46-52-58-64-70-82(5)9-3)81-105-109(98,99)103-77-84(91)76-102-108(96,97)104-80-85(78-100-87(92)72-66-60-54-48-40-20-18-16-14-12-8-2)106-90(95)75-69-63-57-51-45-39-34-32-36-42-47-53-59-65-71-83(6)10-4/h82-86,91H,7-81H2,1-6H3,(H,96,97)(H,98,99)/t82?,83?,84-,85+,86+/m0/s1. The summed E-state index contributed by atoms with van der Waals surface area (Å²) >= 11 is 0. The summed E-state index contributed by atoms with van der Waals surface area (Å²) in [4.78, 5) is 73.4. The number of aliphatic hydroxyl groups excluding tert-OH is 1. The summed E-state index contributed by atoms with van der Waals surface area (Å²) in [6.07, 6.45) is 74.9. The Morgan fingerprint density at radius 1 is 0.257 bits per heavy atom. The van der Waals surface area contributed by atoms with E-state index in [2.05, 4.69) is 41.5 Å². The number of phosphoric acid groups is 2. The van der Waals surface area contributed by atoms with Gasteiger partial charge < -0.3 is 33.8 Å². The van der Waals surface area contributed by atoms with E-state index in [9.17, 15) is 43.2 Å². The quantitative estimate of drug-likeness (QED) is 0.0222. The average Bonchev–Trinajstić information content (AvgIpc) is 0.910. The van der Waals surface area contributed by atoms with Gasteiger partial charge in [-0.3, -0.25) is 37.3 Å². The number of esters is 4. The molecule has 0 aromatic carbocycles. The smallest absolute Gasteiger partial charge is 0.462 e. The van der Waals surface area contributed by atoms with Crippen LogP contribution in [0.2, 0.25) is 0 Å². The molecule has 0 heterocycles. The molecule has 0 bridgehead atoms. The Kier molecular flexibility index (Phi) is 79.8. The molecule has 17 nitrogen and oxygen atoms in total. The Bertz CT molecular complexity index is 2080. The van der Waals surface area contributed by atoms with Gasteiger partial charge in [0.15, 0.2) is 12.2 Å². The fourth-order valence-corrected chi connectivity index (χ4v) is 15.6. The van der Waals surface area contributed by atoms with Gasteiger partial charge in [0, 0.05) is 25.7 Å². The zero-order valence-electron chi connectivity index (χ0n) is 71.9. The van der Waals surface area contributed by atoms with Gasteiger partial charge in [0.2, 0.25) is 0 Å². The molecule has 0 aromatic rings. The molecular weight excluding hydrogens is 1410 g/mol. The van der Waals surface area contributed by atoms with Gasteiger partial charge in [0.05, 0.1) is 26.4 Å². The van der Waals surface area contributed by atoms with Gasteiger partial charge in [-0.15, -0.1) is 0 Å². The minimum Gasteiger partial charge on any atom is -0.462 e. The molecule has 109 heavy (non-hydrogen) atoms. The highest BCUT2D eigenvalue weighted by Crippen LogP contribution is 2.45. The van der Waals surface area contributed by atoms with Crippen LogP contribution in [0.25, 0.3) is 0 Å². The molecule has 0 aliphatic heterocycles. The maximum absolute atomic E-state index is 13.2. The van der Waals surface area contributed by atoms with Gasteiger partial charge in [-0.1, -0.05) is 433 Å². The molecule has 0 aliphatic carbocycles. The number of phosphoric ester groups is 2. The highest BCUT2D eigenvalue weighted by atomic mass is 31.2. The average molecular weight is 1590 g/mol. The summed E-state index contributed by atoms with van der Waals surface area (Å²) in [5.41, 5.74) is 0. The molecule has 0 rings (SSSR count). The Balaban J connectivity index is 5.24. The maximum atomic E-state index is 13.2. The molecule has 0 amide bonds. The highest BCUT2D eigenvalue weighted by molar-refractivity contribution is 7.47. The number of rotatable bonds is 89. The molecule has 0 saturated carbocycles. The van der Waals surface area contributed by atoms with E-state index in [1.165, 1.54) is 302 Å². The van der Waals surface area contributed by atoms with Gasteiger partial charge in [0.25, 0.3) is 0 Å². The Morgan fingerprint density at radius 3 is 0.651 bits per heavy atom. The summed E-state index contributed by atoms with van der Waals surface area (Å²) in [5.74, 6) is -0.401. The minimum absolute atomic E-state index is 0.108. The van der Waals surface area contributed by atoms with E-state index in [1.807, 2.05) is 0 Å². The topological polar surface area (TPSA) is 237 Å². The third-order valence-electron chi connectivity index (χ3n) is 21.9. The summed E-state index contributed by atoms with van der Waals surface area (Å²) in [6, 6.07) is 0. The molecule has 7 atom stereocenters. The van der Waals surface area contributed by atoms with Crippen LogP contribution in [0, 0.1) is 11.8 Å². The van der Waals surface area contributed by atoms with Crippen LogP contribution in [-0.2, 0) is 65.4 Å². The fourth-order valence-electron chi connectivity index (χ4n) is 14.1. The first-order valence-corrected chi connectivity index (χ1v) is 49.6. The molecule has 19 heteroatoms. The molecule has 0 aliphatic rings. The monoisotopic (exact) mass is 1590 g/mol. The first-order chi connectivity index (χ1) is 52.9. The predicted molar refractivity (Wildman–Crippen MR) is 451 cm³/mol. The van der Waals surface area contributed by atoms with Crippen molar-refractivity contribution >= 4 is 39.5 Å². The van der Waals surface area contributed by atoms with E-state index >= 15 is 0 Å². The number of hydrogen-bond acceptors (Lipinski definition) is 15. The summed E-state index contributed by atoms with van der Waals surface area (Å²) in [6.45, 7) is 9.80. The molecular formula is C90H176O17P2. The van der Waals surface area contributed by atoms with Crippen molar-refractivity contribution in [2.45, 2.75) is 503 Å². The van der Waals surface area contributed by atoms with Crippen LogP contribution < -0.4 is 0 Å². The van der Waals surface area contributed by atoms with E-state index in [0.29, 0.717) is 25.7 Å². The van der Waals surface area contributed by atoms with Crippen LogP contribution in [0.5, 0.6) is 0 Å². The van der Waals surface area contributed by atoms with Crippen LogP contribution in [-0.4, -0.2) is 96.7 Å². The van der Waals surface area contributed by atoms with Gasteiger partial charge in [-0.05, 0) is 37.5 Å². The largest absolute Gasteiger partial charge is 0.472 e. The number of aliphatic hydroxyl groups is 1. The van der Waals surface area contributed by atoms with Crippen molar-refractivity contribution in [3.63, 3.8) is 0 Å². The summed E-state index contributed by atoms with van der Waals surface area (Å²) < 4.78 is 69.0. The van der Waals surface area contributed by atoms with E-state index < -0.39 is 97.5 Å². The second kappa shape index (κ2) is 81.2. The van der Waals surface area contributed by atoms with E-state index in [4.69, 9.17) is 37.0 Å². The van der Waals surface area contributed by atoms with Crippen LogP contribution in [0.15, 0.2) is 0 Å². The second-order valence-electron chi connectivity index (χ2n) is 32.8. The summed E-state index contributed by atoms with van der Waals surface area (Å²) in [5, 5.41) is 10.7. The first kappa shape index (κ1) is 107. The molecule has 0 fully saturated rings. The lowest BCUT2D eigenvalue weighted by Crippen LogP contribution is -2.30. The molecule has 648 valence electrons. The number of unbranched alkanes of at least 4 members (excludes halogenated alkanes) is 57. The fraction of sp³-hybridized carbons (Fsp3) is 0.956. The van der Waals surface area contributed by atoms with Crippen LogP contribution >= 0.6 is 15.6 Å². The molecule has 0 spiro atoms. The molecule has 4 unspecified atom stereocenters. The van der Waals surface area contributed by atoms with Gasteiger partial charge >= 0.3 is 39.5 Å². The number of hydrogen-bond donors (Lipinski definition) is 3. The maximum Gasteiger partial charge on any atom is 0.472 e. The van der Waals surface area contributed by atoms with Crippen LogP contribution in [0.4, 0.5) is 0 Å². The first-order valence-electron chi connectivity index (χ1n) is 46.6. The van der Waals surface area contributed by atoms with Crippen LogP contribution in [0.3, 0.4) is 0 Å². The highest BCUT2D eigenvalue weighted by Gasteiger charge is 2.31. The third-order valence-corrected chi connectivity index (χ3v) is 23.8. The Labute approximate surface area is 670 Å². The van der Waals surface area contributed by atoms with E-state index in [1.54, 1.807) is 0 Å². The van der Waals surface area contributed by atoms with Crippen molar-refractivity contribution in [2.75, 3.05) is 39.6 Å². The Morgan fingerprint density at radius 2 is 0.440 bits per heavy atom. The van der Waals surface area contributed by atoms with Gasteiger partial charge in [-0.2, -0.15) is 0 Å². The predicted octanol–water partition coefficient (Wildman–Crippen LogP) is 27.8. The van der Waals surface area contributed by atoms with Gasteiger partial charge in [-0.25, -0.2) is 9.13 Å². The van der Waals surface area contributed by atoms with Crippen molar-refractivity contribution in [1.29, 1.82) is 0 Å². The zero-order valence-corrected chi connectivity index (χ0v) is 73.7. The lowest BCUT2D eigenvalue weighted by molar-refractivity contribution is -0.161. The number of ether oxygens (including phenoxy) is 4. The lowest BCUT2D eigenvalue weighted by Gasteiger charge is -2.21. The van der Waals surface area contributed by atoms with Crippen molar-refractivity contribution < 1.29 is 80.2 Å². The lowest BCUT2D eigenvalue weighted by atomic mass is 9.99. The number of carbonyl (C=O) groups is 4. The van der Waals surface area contributed by atoms with Crippen molar-refractivity contribution in [3.8, 4) is 0 Å².